The first-order chi connectivity index (χ1) is 9.26. The van der Waals surface area contributed by atoms with E-state index in [9.17, 15) is 40.5 Å². The average Bonchev–Trinajstić information content (AvgIpc) is 2.35. The second-order valence-corrected chi connectivity index (χ2v) is 5.82. The average molecular weight is 285 g/mol. The summed E-state index contributed by atoms with van der Waals surface area (Å²) >= 11 is 0. The molecule has 13 heteroatoms. The topological polar surface area (TPSA) is 176 Å². The molecule has 3 saturated carbocycles. The molecule has 4 unspecified atom stereocenters. The van der Waals surface area contributed by atoms with E-state index in [1.165, 1.54) is 0 Å². The number of nitrogens with zero attached hydrogens (tertiary/aromatic N) is 5. The predicted octanol–water partition coefficient (Wildman–Crippen LogP) is -2.27. The van der Waals surface area contributed by atoms with Crippen LogP contribution in [0, 0.1) is 46.4 Å². The Labute approximate surface area is 106 Å². The normalized spacial score (nSPS) is 61.7. The van der Waals surface area contributed by atoms with Gasteiger partial charge < -0.3 is 0 Å². The van der Waals surface area contributed by atoms with Gasteiger partial charge in [-0.1, -0.05) is 0 Å². The van der Waals surface area contributed by atoms with Gasteiger partial charge in [-0.05, 0) is 0 Å². The van der Waals surface area contributed by atoms with Crippen molar-refractivity contribution < 1.29 is 19.7 Å². The molecule has 3 aliphatic heterocycles. The molecular formula is C7H3N5O8. The van der Waals surface area contributed by atoms with E-state index in [1.807, 2.05) is 0 Å². The number of rotatable bonds is 4. The second-order valence-electron chi connectivity index (χ2n) is 5.82. The van der Waals surface area contributed by atoms with E-state index in [1.54, 1.807) is 0 Å². The molecule has 13 nitrogen and oxygen atoms in total. The monoisotopic (exact) mass is 285 g/mol. The van der Waals surface area contributed by atoms with E-state index < -0.39 is 60.0 Å². The van der Waals surface area contributed by atoms with Gasteiger partial charge in [0, 0.05) is 14.8 Å². The molecule has 20 heavy (non-hydrogen) atoms. The van der Waals surface area contributed by atoms with Gasteiger partial charge in [0.2, 0.25) is 0 Å². The van der Waals surface area contributed by atoms with Gasteiger partial charge in [-0.15, -0.1) is 0 Å². The summed E-state index contributed by atoms with van der Waals surface area (Å²) in [5.41, 5.74) is -9.84. The third kappa shape index (κ3) is 0.347. The van der Waals surface area contributed by atoms with E-state index in [0.717, 1.165) is 4.90 Å². The first kappa shape index (κ1) is 10.4. The predicted molar refractivity (Wildman–Crippen MR) is 51.8 cm³/mol. The maximum atomic E-state index is 11.3. The summed E-state index contributed by atoms with van der Waals surface area (Å²) in [7, 11) is 0. The van der Waals surface area contributed by atoms with Gasteiger partial charge in [0.05, 0.1) is 10.8 Å². The third-order valence-corrected chi connectivity index (χ3v) is 6.35. The van der Waals surface area contributed by atoms with Crippen LogP contribution in [-0.4, -0.2) is 59.0 Å². The Bertz CT molecular complexity index is 580. The molecule has 0 aromatic heterocycles. The Hall–Kier alpha value is -2.44. The van der Waals surface area contributed by atoms with Gasteiger partial charge in [-0.25, -0.2) is 4.90 Å². The van der Waals surface area contributed by atoms with Crippen LogP contribution in [-0.2, 0) is 0 Å². The summed E-state index contributed by atoms with van der Waals surface area (Å²) in [6, 6.07) is -1.81. The molecule has 6 rings (SSSR count). The van der Waals surface area contributed by atoms with Gasteiger partial charge in [0.15, 0.2) is 0 Å². The third-order valence-electron chi connectivity index (χ3n) is 6.35. The molecule has 0 spiro atoms. The van der Waals surface area contributed by atoms with Crippen molar-refractivity contribution in [2.75, 3.05) is 0 Å². The van der Waals surface area contributed by atoms with Crippen molar-refractivity contribution in [3.05, 3.63) is 40.5 Å². The Morgan fingerprint density at radius 2 is 1.10 bits per heavy atom. The minimum absolute atomic E-state index is 0.810. The summed E-state index contributed by atoms with van der Waals surface area (Å²) in [4.78, 5) is 42.2. The highest BCUT2D eigenvalue weighted by atomic mass is 16.7. The molecule has 0 radical (unpaired) electrons. The number of hydrogen-bond acceptors (Lipinski definition) is 9. The highest BCUT2D eigenvalue weighted by molar-refractivity contribution is 5.74. The van der Waals surface area contributed by atoms with Crippen molar-refractivity contribution in [1.29, 1.82) is 0 Å². The van der Waals surface area contributed by atoms with Gasteiger partial charge in [-0.3, -0.25) is 40.5 Å². The molecule has 0 aromatic rings. The van der Waals surface area contributed by atoms with Gasteiger partial charge in [0.1, 0.15) is 12.1 Å². The highest BCUT2D eigenvalue weighted by Crippen LogP contribution is 3.01. The Morgan fingerprint density at radius 3 is 1.40 bits per heavy atom. The SMILES string of the molecule is O=[N+]([O-])C12C3C4N5C3C1([N+](=O)[O-])C5([N+](=O)[O-])C42[N+](=O)[O-]. The maximum absolute atomic E-state index is 11.3. The largest absolute Gasteiger partial charge is 0.435 e. The fourth-order valence-corrected chi connectivity index (χ4v) is 6.38. The molecule has 3 heterocycles. The lowest BCUT2D eigenvalue weighted by molar-refractivity contribution is -1.03. The Morgan fingerprint density at radius 1 is 0.700 bits per heavy atom. The highest BCUT2D eigenvalue weighted by Gasteiger charge is 3.46. The van der Waals surface area contributed by atoms with Gasteiger partial charge in [-0.2, -0.15) is 0 Å². The molecule has 4 atom stereocenters. The lowest BCUT2D eigenvalue weighted by Crippen LogP contribution is -3.40. The van der Waals surface area contributed by atoms with Crippen molar-refractivity contribution in [2.45, 2.75) is 34.4 Å². The summed E-state index contributed by atoms with van der Waals surface area (Å²) in [6.07, 6.45) is 0. The van der Waals surface area contributed by atoms with E-state index in [-0.39, 0.29) is 0 Å². The Kier molecular flexibility index (Phi) is 1.00. The van der Waals surface area contributed by atoms with Crippen molar-refractivity contribution in [3.63, 3.8) is 0 Å². The molecule has 6 aliphatic rings. The van der Waals surface area contributed by atoms with Crippen LogP contribution in [0.1, 0.15) is 0 Å². The van der Waals surface area contributed by atoms with Crippen molar-refractivity contribution in [1.82, 2.24) is 4.90 Å². The number of hydrogen-bond donors (Lipinski definition) is 0. The molecule has 0 aromatic carbocycles. The summed E-state index contributed by atoms with van der Waals surface area (Å²) < 4.78 is 0. The molecule has 3 aliphatic carbocycles. The van der Waals surface area contributed by atoms with Crippen LogP contribution < -0.4 is 0 Å². The number of nitro groups is 4. The van der Waals surface area contributed by atoms with Crippen LogP contribution >= 0.6 is 0 Å². The van der Waals surface area contributed by atoms with Crippen LogP contribution in [0.5, 0.6) is 0 Å². The summed E-state index contributed by atoms with van der Waals surface area (Å²) in [5.74, 6) is -0.810. The van der Waals surface area contributed by atoms with Crippen LogP contribution in [0.25, 0.3) is 0 Å². The molecule has 0 bridgehead atoms. The minimum atomic E-state index is -2.54. The molecule has 6 fully saturated rings. The van der Waals surface area contributed by atoms with Crippen LogP contribution in [0.3, 0.4) is 0 Å². The zero-order valence-corrected chi connectivity index (χ0v) is 9.23. The van der Waals surface area contributed by atoms with E-state index in [0.29, 0.717) is 0 Å². The van der Waals surface area contributed by atoms with Gasteiger partial charge in [0.25, 0.3) is 0 Å². The Balaban J connectivity index is 1.86. The maximum Gasteiger partial charge on any atom is 0.435 e. The van der Waals surface area contributed by atoms with Crippen LogP contribution in [0.2, 0.25) is 0 Å². The standard InChI is InChI=1S/C7H3N5O8/c13-9(14)4-1-2-5(4,10(15)16)7(12(19)20)6(4,11(17)18)3(1)8(2)7/h1-3H. The second kappa shape index (κ2) is 1.93. The lowest BCUT2D eigenvalue weighted by Gasteiger charge is -2.98. The smallest absolute Gasteiger partial charge is 0.263 e. The zero-order valence-electron chi connectivity index (χ0n) is 9.23. The van der Waals surface area contributed by atoms with E-state index >= 15 is 0 Å². The van der Waals surface area contributed by atoms with Crippen LogP contribution in [0.15, 0.2) is 0 Å². The van der Waals surface area contributed by atoms with Crippen molar-refractivity contribution in [2.24, 2.45) is 5.92 Å². The molecule has 104 valence electrons. The minimum Gasteiger partial charge on any atom is -0.263 e. The van der Waals surface area contributed by atoms with Gasteiger partial charge >= 0.3 is 22.3 Å². The van der Waals surface area contributed by atoms with Crippen LogP contribution in [0.4, 0.5) is 0 Å². The molecule has 3 saturated heterocycles. The molecule has 0 amide bonds. The number of piperidine rings is 12. The fourth-order valence-electron chi connectivity index (χ4n) is 6.38. The van der Waals surface area contributed by atoms with E-state index in [4.69, 9.17) is 0 Å². The van der Waals surface area contributed by atoms with Crippen molar-refractivity contribution >= 4 is 0 Å². The molecular weight excluding hydrogens is 282 g/mol. The summed E-state index contributed by atoms with van der Waals surface area (Å²) in [5, 5.41) is 45.3. The molecule has 0 N–H and O–H groups in total. The quantitative estimate of drug-likeness (QED) is 0.407. The fraction of sp³-hybridized carbons (Fsp3) is 1.00. The van der Waals surface area contributed by atoms with E-state index in [2.05, 4.69) is 0 Å². The first-order valence-corrected chi connectivity index (χ1v) is 5.63. The summed E-state index contributed by atoms with van der Waals surface area (Å²) in [6.45, 7) is 0. The van der Waals surface area contributed by atoms with Crippen molar-refractivity contribution in [3.8, 4) is 0 Å². The first-order valence-electron chi connectivity index (χ1n) is 5.63. The zero-order chi connectivity index (χ0) is 14.6. The lowest BCUT2D eigenvalue weighted by atomic mass is 9.04.